The zero-order valence-electron chi connectivity index (χ0n) is 7.48. The van der Waals surface area contributed by atoms with E-state index >= 15 is 0 Å². The van der Waals surface area contributed by atoms with Crippen LogP contribution in [0.3, 0.4) is 0 Å². The molecule has 0 bridgehead atoms. The maximum atomic E-state index is 10.9. The number of carbonyl (C=O) groups is 1. The number of Topliss-reactive ketones (excluding diaryl/α,β-unsaturated/α-hetero) is 1. The van der Waals surface area contributed by atoms with Gasteiger partial charge in [-0.25, -0.2) is 0 Å². The summed E-state index contributed by atoms with van der Waals surface area (Å²) in [6.07, 6.45) is 0.810. The highest BCUT2D eigenvalue weighted by Crippen LogP contribution is 2.08. The van der Waals surface area contributed by atoms with Gasteiger partial charge in [-0.3, -0.25) is 10.2 Å². The molecule has 0 radical (unpaired) electrons. The van der Waals surface area contributed by atoms with Crippen LogP contribution in [0.1, 0.15) is 20.3 Å². The molecule has 0 spiro atoms. The zero-order valence-corrected chi connectivity index (χ0v) is 7.48. The molecule has 1 rings (SSSR count). The summed E-state index contributed by atoms with van der Waals surface area (Å²) in [5, 5.41) is 13.1. The van der Waals surface area contributed by atoms with Crippen molar-refractivity contribution >= 4 is 11.7 Å². The van der Waals surface area contributed by atoms with Crippen LogP contribution in [-0.2, 0) is 4.79 Å². The molecular formula is C8H15N3O. The highest BCUT2D eigenvalue weighted by atomic mass is 16.1. The van der Waals surface area contributed by atoms with Crippen LogP contribution in [0.4, 0.5) is 0 Å². The number of guanidine groups is 1. The predicted octanol–water partition coefficient (Wildman–Crippen LogP) is 0.0978. The molecule has 1 saturated heterocycles. The maximum absolute atomic E-state index is 10.9. The van der Waals surface area contributed by atoms with E-state index in [2.05, 4.69) is 10.6 Å². The average molecular weight is 169 g/mol. The van der Waals surface area contributed by atoms with Crippen molar-refractivity contribution in [2.75, 3.05) is 6.54 Å². The summed E-state index contributed by atoms with van der Waals surface area (Å²) in [4.78, 5) is 10.9. The third-order valence-electron chi connectivity index (χ3n) is 2.21. The minimum atomic E-state index is 0.0928. The lowest BCUT2D eigenvalue weighted by atomic mass is 9.99. The second-order valence-corrected chi connectivity index (χ2v) is 3.34. The quantitative estimate of drug-likeness (QED) is 0.561. The van der Waals surface area contributed by atoms with Crippen LogP contribution in [0.15, 0.2) is 0 Å². The summed E-state index contributed by atoms with van der Waals surface area (Å²) < 4.78 is 0. The van der Waals surface area contributed by atoms with E-state index < -0.39 is 0 Å². The van der Waals surface area contributed by atoms with Crippen molar-refractivity contribution in [3.05, 3.63) is 0 Å². The van der Waals surface area contributed by atoms with Gasteiger partial charge in [0.05, 0.1) is 0 Å². The van der Waals surface area contributed by atoms with Gasteiger partial charge in [-0.05, 0) is 13.3 Å². The van der Waals surface area contributed by atoms with Crippen LogP contribution < -0.4 is 10.6 Å². The van der Waals surface area contributed by atoms with Crippen LogP contribution in [0, 0.1) is 11.3 Å². The number of nitrogens with one attached hydrogen (secondary N) is 3. The molecule has 2 atom stereocenters. The van der Waals surface area contributed by atoms with Crippen molar-refractivity contribution in [1.82, 2.24) is 10.6 Å². The van der Waals surface area contributed by atoms with Crippen LogP contribution in [-0.4, -0.2) is 24.3 Å². The van der Waals surface area contributed by atoms with Gasteiger partial charge in [0.2, 0.25) is 0 Å². The van der Waals surface area contributed by atoms with Crippen LogP contribution >= 0.6 is 0 Å². The van der Waals surface area contributed by atoms with E-state index in [1.807, 2.05) is 6.92 Å². The number of carbonyl (C=O) groups excluding carboxylic acids is 1. The lowest BCUT2D eigenvalue weighted by molar-refractivity contribution is -0.120. The van der Waals surface area contributed by atoms with Crippen molar-refractivity contribution < 1.29 is 4.79 Å². The molecule has 0 saturated carbocycles. The fourth-order valence-electron chi connectivity index (χ4n) is 1.27. The average Bonchev–Trinajstić information content (AvgIpc) is 2.35. The SMILES string of the molecule is CC(=O)[C@@H](C)C[C@H]1CNC(=N)N1. The molecule has 12 heavy (non-hydrogen) atoms. The molecular weight excluding hydrogens is 154 g/mol. The van der Waals surface area contributed by atoms with Crippen molar-refractivity contribution in [1.29, 1.82) is 5.41 Å². The number of rotatable bonds is 3. The van der Waals surface area contributed by atoms with Crippen molar-refractivity contribution in [3.63, 3.8) is 0 Å². The molecule has 68 valence electrons. The van der Waals surface area contributed by atoms with E-state index in [9.17, 15) is 4.79 Å². The van der Waals surface area contributed by atoms with Crippen molar-refractivity contribution in [3.8, 4) is 0 Å². The summed E-state index contributed by atoms with van der Waals surface area (Å²) in [5.74, 6) is 0.682. The third kappa shape index (κ3) is 2.22. The largest absolute Gasteiger partial charge is 0.355 e. The summed E-state index contributed by atoms with van der Waals surface area (Å²) >= 11 is 0. The van der Waals surface area contributed by atoms with Gasteiger partial charge < -0.3 is 10.6 Å². The predicted molar refractivity (Wildman–Crippen MR) is 47.1 cm³/mol. The molecule has 0 aromatic heterocycles. The fraction of sp³-hybridized carbons (Fsp3) is 0.750. The maximum Gasteiger partial charge on any atom is 0.188 e. The van der Waals surface area contributed by atoms with E-state index in [1.54, 1.807) is 6.92 Å². The van der Waals surface area contributed by atoms with Crippen molar-refractivity contribution in [2.24, 2.45) is 5.92 Å². The van der Waals surface area contributed by atoms with E-state index in [0.717, 1.165) is 13.0 Å². The lowest BCUT2D eigenvalue weighted by Gasteiger charge is -2.12. The summed E-state index contributed by atoms with van der Waals surface area (Å²) in [6.45, 7) is 4.29. The molecule has 1 aliphatic rings. The standard InChI is InChI=1S/C8H15N3O/c1-5(6(2)12)3-7-4-10-8(9)11-7/h5,7H,3-4H2,1-2H3,(H3,9,10,11)/t5-,7-/m0/s1. The van der Waals surface area contributed by atoms with E-state index in [-0.39, 0.29) is 17.7 Å². The Labute approximate surface area is 72.2 Å². The summed E-state index contributed by atoms with van der Waals surface area (Å²) in [6, 6.07) is 0.247. The number of ketones is 1. The van der Waals surface area contributed by atoms with Gasteiger partial charge in [-0.1, -0.05) is 6.92 Å². The normalized spacial score (nSPS) is 24.5. The highest BCUT2D eigenvalue weighted by Gasteiger charge is 2.21. The Hall–Kier alpha value is -1.06. The molecule has 0 aromatic rings. The first-order valence-electron chi connectivity index (χ1n) is 4.19. The molecule has 4 nitrogen and oxygen atoms in total. The monoisotopic (exact) mass is 169 g/mol. The minimum Gasteiger partial charge on any atom is -0.355 e. The Balaban J connectivity index is 2.32. The van der Waals surface area contributed by atoms with Gasteiger partial charge >= 0.3 is 0 Å². The Morgan fingerprint density at radius 1 is 1.83 bits per heavy atom. The second-order valence-electron chi connectivity index (χ2n) is 3.34. The molecule has 1 aliphatic heterocycles. The van der Waals surface area contributed by atoms with E-state index in [0.29, 0.717) is 5.96 Å². The molecule has 0 amide bonds. The first-order chi connectivity index (χ1) is 5.59. The molecule has 1 heterocycles. The van der Waals surface area contributed by atoms with E-state index in [1.165, 1.54) is 0 Å². The van der Waals surface area contributed by atoms with Crippen LogP contribution in [0.5, 0.6) is 0 Å². The van der Waals surface area contributed by atoms with Gasteiger partial charge in [0.15, 0.2) is 5.96 Å². The Bertz CT molecular complexity index is 202. The topological polar surface area (TPSA) is 65.0 Å². The van der Waals surface area contributed by atoms with E-state index in [4.69, 9.17) is 5.41 Å². The first kappa shape index (κ1) is 9.03. The highest BCUT2D eigenvalue weighted by molar-refractivity contribution is 5.80. The van der Waals surface area contributed by atoms with Gasteiger partial charge in [0.25, 0.3) is 0 Å². The zero-order chi connectivity index (χ0) is 9.14. The summed E-state index contributed by atoms with van der Waals surface area (Å²) in [7, 11) is 0. The molecule has 0 unspecified atom stereocenters. The van der Waals surface area contributed by atoms with Gasteiger partial charge in [-0.15, -0.1) is 0 Å². The smallest absolute Gasteiger partial charge is 0.188 e. The second kappa shape index (κ2) is 3.56. The molecule has 0 aromatic carbocycles. The summed E-state index contributed by atoms with van der Waals surface area (Å²) in [5.41, 5.74) is 0. The molecule has 3 N–H and O–H groups in total. The van der Waals surface area contributed by atoms with Gasteiger partial charge in [0.1, 0.15) is 5.78 Å². The number of hydrogen-bond acceptors (Lipinski definition) is 2. The Morgan fingerprint density at radius 2 is 2.50 bits per heavy atom. The molecule has 0 aliphatic carbocycles. The Morgan fingerprint density at radius 3 is 2.92 bits per heavy atom. The van der Waals surface area contributed by atoms with Gasteiger partial charge in [0, 0.05) is 18.5 Å². The fourth-order valence-corrected chi connectivity index (χ4v) is 1.27. The van der Waals surface area contributed by atoms with Crippen LogP contribution in [0.25, 0.3) is 0 Å². The first-order valence-corrected chi connectivity index (χ1v) is 4.19. The van der Waals surface area contributed by atoms with Crippen molar-refractivity contribution in [2.45, 2.75) is 26.3 Å². The van der Waals surface area contributed by atoms with Crippen LogP contribution in [0.2, 0.25) is 0 Å². The number of hydrogen-bond donors (Lipinski definition) is 3. The minimum absolute atomic E-state index is 0.0928. The Kier molecular flexibility index (Phi) is 2.68. The third-order valence-corrected chi connectivity index (χ3v) is 2.21. The van der Waals surface area contributed by atoms with Gasteiger partial charge in [-0.2, -0.15) is 0 Å². The lowest BCUT2D eigenvalue weighted by Crippen LogP contribution is -2.30. The molecule has 1 fully saturated rings. The molecule has 4 heteroatoms.